The Morgan fingerprint density at radius 2 is 2.17 bits per heavy atom. The van der Waals surface area contributed by atoms with E-state index >= 15 is 0 Å². The van der Waals surface area contributed by atoms with E-state index in [0.717, 1.165) is 8.79 Å². The Bertz CT molecular complexity index is 300. The zero-order chi connectivity index (χ0) is 9.35. The molecular formula is C8H10BrNOS. The SMILES string of the molecule is CC(C)(C)C(=O)c1cnc(Br)s1. The van der Waals surface area contributed by atoms with Crippen LogP contribution in [0.25, 0.3) is 0 Å². The number of hydrogen-bond donors (Lipinski definition) is 0. The minimum absolute atomic E-state index is 0.144. The summed E-state index contributed by atoms with van der Waals surface area (Å²) in [5, 5.41) is 0. The topological polar surface area (TPSA) is 30.0 Å². The van der Waals surface area contributed by atoms with Crippen LogP contribution in [0.3, 0.4) is 0 Å². The fourth-order valence-electron chi connectivity index (χ4n) is 0.727. The van der Waals surface area contributed by atoms with Crippen molar-refractivity contribution < 1.29 is 4.79 Å². The van der Waals surface area contributed by atoms with Crippen LogP contribution in [0.15, 0.2) is 10.1 Å². The highest BCUT2D eigenvalue weighted by atomic mass is 79.9. The lowest BCUT2D eigenvalue weighted by molar-refractivity contribution is 0.0862. The van der Waals surface area contributed by atoms with Crippen LogP contribution in [-0.2, 0) is 0 Å². The molecule has 0 aliphatic rings. The molecule has 2 nitrogen and oxygen atoms in total. The maximum absolute atomic E-state index is 11.6. The molecule has 0 aromatic carbocycles. The van der Waals surface area contributed by atoms with Gasteiger partial charge in [-0.05, 0) is 15.9 Å². The molecule has 0 aliphatic carbocycles. The first-order valence-corrected chi connectivity index (χ1v) is 5.18. The summed E-state index contributed by atoms with van der Waals surface area (Å²) in [5.74, 6) is 0.144. The van der Waals surface area contributed by atoms with Gasteiger partial charge in [-0.15, -0.1) is 11.3 Å². The monoisotopic (exact) mass is 247 g/mol. The number of ketones is 1. The molecule has 0 saturated carbocycles. The normalized spacial score (nSPS) is 11.7. The number of Topliss-reactive ketones (excluding diaryl/α,β-unsaturated/α-hetero) is 1. The quantitative estimate of drug-likeness (QED) is 0.714. The van der Waals surface area contributed by atoms with Crippen LogP contribution in [0.5, 0.6) is 0 Å². The van der Waals surface area contributed by atoms with E-state index in [2.05, 4.69) is 20.9 Å². The number of carbonyl (C=O) groups is 1. The Morgan fingerprint density at radius 1 is 1.58 bits per heavy atom. The molecular weight excluding hydrogens is 238 g/mol. The molecule has 12 heavy (non-hydrogen) atoms. The fourth-order valence-corrected chi connectivity index (χ4v) is 2.14. The number of nitrogens with zero attached hydrogens (tertiary/aromatic N) is 1. The molecule has 0 radical (unpaired) electrons. The van der Waals surface area contributed by atoms with E-state index in [1.807, 2.05) is 20.8 Å². The molecule has 0 fully saturated rings. The van der Waals surface area contributed by atoms with Gasteiger partial charge < -0.3 is 0 Å². The van der Waals surface area contributed by atoms with Crippen molar-refractivity contribution in [1.29, 1.82) is 0 Å². The van der Waals surface area contributed by atoms with Gasteiger partial charge in [0.2, 0.25) is 0 Å². The van der Waals surface area contributed by atoms with Crippen LogP contribution in [0.1, 0.15) is 30.4 Å². The minimum Gasteiger partial charge on any atom is -0.293 e. The van der Waals surface area contributed by atoms with Crippen molar-refractivity contribution in [2.24, 2.45) is 5.41 Å². The Hall–Kier alpha value is -0.220. The molecule has 0 amide bonds. The maximum Gasteiger partial charge on any atom is 0.179 e. The third-order valence-corrected chi connectivity index (χ3v) is 2.86. The van der Waals surface area contributed by atoms with Crippen molar-refractivity contribution in [3.8, 4) is 0 Å². The number of halogens is 1. The van der Waals surface area contributed by atoms with Crippen LogP contribution in [0.2, 0.25) is 0 Å². The molecule has 1 aromatic rings. The van der Waals surface area contributed by atoms with Gasteiger partial charge in [0.25, 0.3) is 0 Å². The average Bonchev–Trinajstić information content (AvgIpc) is 2.32. The maximum atomic E-state index is 11.6. The largest absolute Gasteiger partial charge is 0.293 e. The van der Waals surface area contributed by atoms with Crippen LogP contribution in [0, 0.1) is 5.41 Å². The van der Waals surface area contributed by atoms with Crippen LogP contribution >= 0.6 is 27.3 Å². The predicted molar refractivity (Wildman–Crippen MR) is 53.6 cm³/mol. The van der Waals surface area contributed by atoms with Crippen molar-refractivity contribution >= 4 is 33.0 Å². The second-order valence-electron chi connectivity index (χ2n) is 3.56. The first kappa shape index (κ1) is 9.86. The second kappa shape index (κ2) is 3.26. The van der Waals surface area contributed by atoms with Gasteiger partial charge in [-0.1, -0.05) is 20.8 Å². The van der Waals surface area contributed by atoms with Gasteiger partial charge in [0.05, 0.1) is 11.1 Å². The van der Waals surface area contributed by atoms with Crippen molar-refractivity contribution in [3.63, 3.8) is 0 Å². The Kier molecular flexibility index (Phi) is 2.68. The summed E-state index contributed by atoms with van der Waals surface area (Å²) in [6, 6.07) is 0. The molecule has 4 heteroatoms. The minimum atomic E-state index is -0.314. The number of aromatic nitrogens is 1. The Morgan fingerprint density at radius 3 is 2.50 bits per heavy atom. The third-order valence-electron chi connectivity index (χ3n) is 1.38. The van der Waals surface area contributed by atoms with E-state index in [9.17, 15) is 4.79 Å². The lowest BCUT2D eigenvalue weighted by Gasteiger charge is -2.14. The zero-order valence-corrected chi connectivity index (χ0v) is 9.62. The van der Waals surface area contributed by atoms with Crippen LogP contribution in [-0.4, -0.2) is 10.8 Å². The fraction of sp³-hybridized carbons (Fsp3) is 0.500. The first-order chi connectivity index (χ1) is 5.41. The number of rotatable bonds is 1. The smallest absolute Gasteiger partial charge is 0.179 e. The van der Waals surface area contributed by atoms with Crippen molar-refractivity contribution in [3.05, 3.63) is 15.0 Å². The van der Waals surface area contributed by atoms with E-state index < -0.39 is 0 Å². The molecule has 1 rings (SSSR count). The van der Waals surface area contributed by atoms with Crippen molar-refractivity contribution in [1.82, 2.24) is 4.98 Å². The van der Waals surface area contributed by atoms with Gasteiger partial charge in [-0.3, -0.25) is 4.79 Å². The van der Waals surface area contributed by atoms with Crippen molar-refractivity contribution in [2.75, 3.05) is 0 Å². The Labute approximate surface area is 84.1 Å². The molecule has 0 bridgehead atoms. The highest BCUT2D eigenvalue weighted by Gasteiger charge is 2.24. The summed E-state index contributed by atoms with van der Waals surface area (Å²) in [6.45, 7) is 5.72. The van der Waals surface area contributed by atoms with Gasteiger partial charge in [0.15, 0.2) is 9.70 Å². The second-order valence-corrected chi connectivity index (χ2v) is 5.86. The number of carbonyl (C=O) groups excluding carboxylic acids is 1. The average molecular weight is 248 g/mol. The standard InChI is InChI=1S/C8H10BrNOS/c1-8(2,3)6(11)5-4-10-7(9)12-5/h4H,1-3H3. The Balaban J connectivity index is 2.93. The summed E-state index contributed by atoms with van der Waals surface area (Å²) >= 11 is 4.60. The molecule has 0 spiro atoms. The van der Waals surface area contributed by atoms with Gasteiger partial charge in [0, 0.05) is 5.41 Å². The van der Waals surface area contributed by atoms with E-state index in [-0.39, 0.29) is 11.2 Å². The summed E-state index contributed by atoms with van der Waals surface area (Å²) in [6.07, 6.45) is 1.61. The molecule has 0 aliphatic heterocycles. The van der Waals surface area contributed by atoms with Gasteiger partial charge in [-0.25, -0.2) is 4.98 Å². The van der Waals surface area contributed by atoms with E-state index in [1.54, 1.807) is 6.20 Å². The predicted octanol–water partition coefficient (Wildman–Crippen LogP) is 3.13. The molecule has 0 atom stereocenters. The lowest BCUT2D eigenvalue weighted by atomic mass is 9.90. The first-order valence-electron chi connectivity index (χ1n) is 3.57. The molecule has 0 unspecified atom stereocenters. The summed E-state index contributed by atoms with van der Waals surface area (Å²) in [7, 11) is 0. The van der Waals surface area contributed by atoms with E-state index in [0.29, 0.717) is 0 Å². The highest BCUT2D eigenvalue weighted by molar-refractivity contribution is 9.11. The van der Waals surface area contributed by atoms with Gasteiger partial charge in [0.1, 0.15) is 0 Å². The molecule has 1 aromatic heterocycles. The van der Waals surface area contributed by atoms with Gasteiger partial charge >= 0.3 is 0 Å². The van der Waals surface area contributed by atoms with Gasteiger partial charge in [-0.2, -0.15) is 0 Å². The molecule has 0 N–H and O–H groups in total. The van der Waals surface area contributed by atoms with Crippen LogP contribution < -0.4 is 0 Å². The molecule has 1 heterocycles. The van der Waals surface area contributed by atoms with Crippen molar-refractivity contribution in [2.45, 2.75) is 20.8 Å². The molecule has 66 valence electrons. The number of thiazole rings is 1. The van der Waals surface area contributed by atoms with E-state index in [1.165, 1.54) is 11.3 Å². The number of hydrogen-bond acceptors (Lipinski definition) is 3. The summed E-state index contributed by atoms with van der Waals surface area (Å²) in [4.78, 5) is 16.3. The van der Waals surface area contributed by atoms with E-state index in [4.69, 9.17) is 0 Å². The van der Waals surface area contributed by atoms with Crippen LogP contribution in [0.4, 0.5) is 0 Å². The zero-order valence-electron chi connectivity index (χ0n) is 7.22. The summed E-state index contributed by atoms with van der Waals surface area (Å²) < 4.78 is 0.759. The summed E-state index contributed by atoms with van der Waals surface area (Å²) in [5.41, 5.74) is -0.314. The lowest BCUT2D eigenvalue weighted by Crippen LogP contribution is -2.18. The third kappa shape index (κ3) is 2.14. The highest BCUT2D eigenvalue weighted by Crippen LogP contribution is 2.26. The molecule has 0 saturated heterocycles.